The number of aliphatic hydroxyl groups excluding tert-OH is 2. The summed E-state index contributed by atoms with van der Waals surface area (Å²) in [6.07, 6.45) is -10.9. The molecule has 16 atom stereocenters. The molecule has 4 fully saturated rings. The number of amides is 2. The maximum Gasteiger partial charge on any atom is 0.336 e. The van der Waals surface area contributed by atoms with Gasteiger partial charge in [0.25, 0.3) is 11.8 Å². The summed E-state index contributed by atoms with van der Waals surface area (Å²) in [5, 5.41) is 30.0. The van der Waals surface area contributed by atoms with E-state index in [4.69, 9.17) is 66.3 Å². The van der Waals surface area contributed by atoms with Crippen molar-refractivity contribution >= 4 is 35.1 Å². The van der Waals surface area contributed by atoms with Gasteiger partial charge in [-0.15, -0.1) is 0 Å². The third kappa shape index (κ3) is 12.3. The van der Waals surface area contributed by atoms with E-state index in [-0.39, 0.29) is 46.9 Å². The average molecular weight is 1170 g/mol. The van der Waals surface area contributed by atoms with Crippen LogP contribution < -0.4 is 10.6 Å². The normalized spacial score (nSPS) is 34.7. The molecule has 4 heterocycles. The highest BCUT2D eigenvalue weighted by Gasteiger charge is 2.60. The first-order valence-corrected chi connectivity index (χ1v) is 28.1. The zero-order valence-electron chi connectivity index (χ0n) is 48.3. The molecule has 0 aromatic heterocycles. The minimum atomic E-state index is -1.37. The summed E-state index contributed by atoms with van der Waals surface area (Å²) in [5.41, 5.74) is 2.75. The maximum atomic E-state index is 14.7. The highest BCUT2D eigenvalue weighted by atomic mass is 16.8. The number of aliphatic hydroxyl groups is 2. The summed E-state index contributed by atoms with van der Waals surface area (Å²) in [4.78, 5) is 55.9. The third-order valence-corrected chi connectivity index (χ3v) is 15.7. The number of hydrogen-bond acceptors (Lipinski definition) is 20. The Labute approximate surface area is 486 Å². The highest BCUT2D eigenvalue weighted by molar-refractivity contribution is 6.07. The highest BCUT2D eigenvalue weighted by Crippen LogP contribution is 2.46. The van der Waals surface area contributed by atoms with E-state index in [0.29, 0.717) is 0 Å². The van der Waals surface area contributed by atoms with Crippen LogP contribution in [0.5, 0.6) is 0 Å². The van der Waals surface area contributed by atoms with Gasteiger partial charge in [-0.05, 0) is 109 Å². The lowest BCUT2D eigenvalue weighted by Crippen LogP contribution is -2.56. The van der Waals surface area contributed by atoms with Crippen LogP contribution in [-0.2, 0) is 98.7 Å². The van der Waals surface area contributed by atoms with Crippen molar-refractivity contribution < 1.29 is 95.7 Å². The number of benzene rings is 3. The molecule has 0 unspecified atom stereocenters. The lowest BCUT2D eigenvalue weighted by molar-refractivity contribution is -0.198. The Morgan fingerprint density at radius 3 is 1.13 bits per heavy atom. The van der Waals surface area contributed by atoms with Crippen LogP contribution in [0.15, 0.2) is 132 Å². The van der Waals surface area contributed by atoms with Crippen LogP contribution in [0.2, 0.25) is 0 Å². The van der Waals surface area contributed by atoms with Crippen LogP contribution in [0, 0.1) is 0 Å². The molecule has 8 aliphatic rings. The molecule has 84 heavy (non-hydrogen) atoms. The molecule has 22 heteroatoms. The van der Waals surface area contributed by atoms with E-state index in [1.807, 2.05) is 60.7 Å². The smallest absolute Gasteiger partial charge is 0.336 e. The van der Waals surface area contributed by atoms with Crippen molar-refractivity contribution in [3.05, 3.63) is 143 Å². The summed E-state index contributed by atoms with van der Waals surface area (Å²) in [7, 11) is 2.54. The molecule has 0 bridgehead atoms. The molecule has 0 saturated carbocycles. The molecule has 2 amide bonds. The number of anilines is 2. The number of rotatable bonds is 16. The first-order chi connectivity index (χ1) is 39.9. The second-order valence-electron chi connectivity index (χ2n) is 23.7. The predicted octanol–water partition coefficient (Wildman–Crippen LogP) is 5.15. The molecule has 0 radical (unpaired) electrons. The van der Waals surface area contributed by atoms with Gasteiger partial charge in [-0.25, -0.2) is 9.59 Å². The van der Waals surface area contributed by atoms with E-state index in [1.54, 1.807) is 91.8 Å². The fourth-order valence-electron chi connectivity index (χ4n) is 12.1. The van der Waals surface area contributed by atoms with Crippen molar-refractivity contribution in [2.45, 2.75) is 189 Å². The van der Waals surface area contributed by atoms with Gasteiger partial charge in [0.1, 0.15) is 97.7 Å². The Kier molecular flexibility index (Phi) is 16.6. The third-order valence-electron chi connectivity index (χ3n) is 15.7. The van der Waals surface area contributed by atoms with E-state index < -0.39 is 145 Å². The van der Waals surface area contributed by atoms with Gasteiger partial charge in [0.05, 0.1) is 38.6 Å². The zero-order valence-corrected chi connectivity index (χ0v) is 48.3. The molecule has 22 nitrogen and oxygen atoms in total. The number of ether oxygens (including phenoxy) is 14. The van der Waals surface area contributed by atoms with Crippen molar-refractivity contribution in [2.24, 2.45) is 0 Å². The van der Waals surface area contributed by atoms with Crippen LogP contribution in [-0.4, -0.2) is 169 Å². The van der Waals surface area contributed by atoms with Gasteiger partial charge >= 0.3 is 11.9 Å². The lowest BCUT2D eigenvalue weighted by atomic mass is 9.86. The minimum Gasteiger partial charge on any atom is -0.466 e. The van der Waals surface area contributed by atoms with Gasteiger partial charge in [0.2, 0.25) is 0 Å². The van der Waals surface area contributed by atoms with Crippen LogP contribution in [0.4, 0.5) is 11.4 Å². The van der Waals surface area contributed by atoms with E-state index in [2.05, 4.69) is 10.6 Å². The largest absolute Gasteiger partial charge is 0.466 e. The van der Waals surface area contributed by atoms with Gasteiger partial charge in [0, 0.05) is 22.5 Å². The number of carbonyl (C=O) groups is 4. The Hall–Kier alpha value is -6.06. The Balaban J connectivity index is 0.852. The average Bonchev–Trinajstić information content (AvgIpc) is 2.15. The molecule has 11 rings (SSSR count). The van der Waals surface area contributed by atoms with E-state index in [1.165, 1.54) is 26.4 Å². The van der Waals surface area contributed by atoms with Crippen LogP contribution in [0.3, 0.4) is 0 Å². The standard InChI is InChI=1S/C62H72N2O20/c1-59(2)77-45-35(25-39(43(65)51(45)81-59)75-49-41(73-29-31-18-13-11-14-19-31)27-37(57(69)71-9)47-53(49)83-61(5,6)79-47)55(67)63-33-22-17-23-34(24-33)64-56(68)36-26-40(44(66)52-46(36)78-60(3,4)82-52)76-50-42(74-30-32-20-15-12-16-21-32)28-38(58(70)72-10)48-54(50)84-62(7,8)80-48/h11-28,39-54,65-66H,29-30H2,1-10H3,(H,63,67)(H,64,68)/t39-,40-,41-,42-,43+,44+,45+,46+,47+,48+,49+,50+,51-,52-,53+,54+/m0/s1. The molecule has 4 N–H and O–H groups in total. The molecule has 450 valence electrons. The number of esters is 2. The van der Waals surface area contributed by atoms with Gasteiger partial charge in [0.15, 0.2) is 23.1 Å². The number of nitrogens with one attached hydrogen (secondary N) is 2. The van der Waals surface area contributed by atoms with Crippen molar-refractivity contribution in [1.29, 1.82) is 0 Å². The molecular formula is C62H72N2O20. The van der Waals surface area contributed by atoms with Gasteiger partial charge < -0.3 is 87.2 Å². The zero-order chi connectivity index (χ0) is 59.6. The molecule has 3 aromatic rings. The van der Waals surface area contributed by atoms with Crippen LogP contribution in [0.1, 0.15) is 66.5 Å². The van der Waals surface area contributed by atoms with Gasteiger partial charge in [-0.2, -0.15) is 0 Å². The van der Waals surface area contributed by atoms with Crippen LogP contribution in [0.25, 0.3) is 0 Å². The lowest BCUT2D eigenvalue weighted by Gasteiger charge is -2.41. The summed E-state index contributed by atoms with van der Waals surface area (Å²) >= 11 is 0. The summed E-state index contributed by atoms with van der Waals surface area (Å²) in [6.45, 7) is 13.8. The Morgan fingerprint density at radius 2 is 0.774 bits per heavy atom. The summed E-state index contributed by atoms with van der Waals surface area (Å²) in [6, 6.07) is 25.3. The van der Waals surface area contributed by atoms with Crippen molar-refractivity contribution in [3.63, 3.8) is 0 Å². The molecular weight excluding hydrogens is 1090 g/mol. The van der Waals surface area contributed by atoms with Crippen molar-refractivity contribution in [1.82, 2.24) is 0 Å². The first-order valence-electron chi connectivity index (χ1n) is 28.1. The van der Waals surface area contributed by atoms with E-state index >= 15 is 0 Å². The van der Waals surface area contributed by atoms with Crippen molar-refractivity contribution in [3.8, 4) is 0 Å². The summed E-state index contributed by atoms with van der Waals surface area (Å²) in [5.74, 6) is -7.32. The quantitative estimate of drug-likeness (QED) is 0.135. The Bertz CT molecular complexity index is 2900. The van der Waals surface area contributed by atoms with E-state index in [0.717, 1.165) is 11.1 Å². The maximum absolute atomic E-state index is 14.7. The van der Waals surface area contributed by atoms with E-state index in [9.17, 15) is 29.4 Å². The first kappa shape index (κ1) is 59.7. The molecule has 3 aromatic carbocycles. The Morgan fingerprint density at radius 1 is 0.440 bits per heavy atom. The van der Waals surface area contributed by atoms with Gasteiger partial charge in [-0.3, -0.25) is 9.59 Å². The predicted molar refractivity (Wildman–Crippen MR) is 295 cm³/mol. The molecule has 4 aliphatic heterocycles. The number of hydrogen-bond donors (Lipinski definition) is 4. The number of methoxy groups -OCH3 is 2. The molecule has 0 spiro atoms. The van der Waals surface area contributed by atoms with Crippen LogP contribution >= 0.6 is 0 Å². The molecule has 4 aliphatic carbocycles. The monoisotopic (exact) mass is 1160 g/mol. The second-order valence-corrected chi connectivity index (χ2v) is 23.7. The van der Waals surface area contributed by atoms with Crippen molar-refractivity contribution in [2.75, 3.05) is 24.9 Å². The molecule has 4 saturated heterocycles. The fraction of sp³-hybridized carbons (Fsp3) is 0.516. The SMILES string of the molecule is COC(=O)C1=C[C@H](OCc2ccccc2)[C@@H](O[C@H]2C=C(C(=O)Nc3cccc(NC(=O)C4=C[C@H](O[C@H]5[C@@H]6OC(C)(C)O[C@@H]6C(C(=O)OC)=C[C@@H]5OCc5ccccc5)[C@@H](O)[C@@H]5OC(C)(C)O[C@H]45)c3)[C@H]3OC(C)(C)O[C@H]3[C@@H]2O)[C@@H]2OC(C)(C)O[C@H]12. The van der Waals surface area contributed by atoms with Gasteiger partial charge in [-0.1, -0.05) is 66.7 Å². The minimum absolute atomic E-state index is 0.0790. The summed E-state index contributed by atoms with van der Waals surface area (Å²) < 4.78 is 87.3. The second kappa shape index (κ2) is 23.3. The topological polar surface area (TPSA) is 262 Å². The fourth-order valence-corrected chi connectivity index (χ4v) is 12.1. The number of fused-ring (bicyclic) bond motifs is 4. The number of carbonyl (C=O) groups excluding carboxylic acids is 4.